The lowest BCUT2D eigenvalue weighted by atomic mass is 9.97. The van der Waals surface area contributed by atoms with Crippen LogP contribution in [-0.2, 0) is 4.74 Å². The van der Waals surface area contributed by atoms with Gasteiger partial charge in [-0.15, -0.1) is 0 Å². The number of aromatic nitrogens is 2. The van der Waals surface area contributed by atoms with Crippen molar-refractivity contribution in [3.8, 4) is 0 Å². The monoisotopic (exact) mass is 292 g/mol. The van der Waals surface area contributed by atoms with Crippen LogP contribution in [0.5, 0.6) is 0 Å². The van der Waals surface area contributed by atoms with E-state index in [0.717, 1.165) is 38.4 Å². The largest absolute Gasteiger partial charge is 0.463 e. The number of hydrogen-bond acceptors (Lipinski definition) is 6. The minimum absolute atomic E-state index is 0.126. The maximum atomic E-state index is 11.6. The molecule has 1 N–H and O–H groups in total. The molecule has 2 rings (SSSR count). The second kappa shape index (κ2) is 7.93. The highest BCUT2D eigenvalue weighted by Crippen LogP contribution is 2.18. The Morgan fingerprint density at radius 1 is 1.48 bits per heavy atom. The summed E-state index contributed by atoms with van der Waals surface area (Å²) in [4.78, 5) is 22.1. The van der Waals surface area contributed by atoms with E-state index in [9.17, 15) is 4.79 Å². The number of carbonyl (C=O) groups is 1. The highest BCUT2D eigenvalue weighted by atomic mass is 16.5. The van der Waals surface area contributed by atoms with E-state index in [1.54, 1.807) is 6.20 Å². The van der Waals surface area contributed by atoms with Gasteiger partial charge >= 0.3 is 5.97 Å². The van der Waals surface area contributed by atoms with Crippen molar-refractivity contribution >= 4 is 11.8 Å². The smallest absolute Gasteiger partial charge is 0.376 e. The van der Waals surface area contributed by atoms with E-state index in [2.05, 4.69) is 27.1 Å². The van der Waals surface area contributed by atoms with Gasteiger partial charge < -0.3 is 15.0 Å². The number of esters is 1. The van der Waals surface area contributed by atoms with E-state index in [4.69, 9.17) is 4.74 Å². The third kappa shape index (κ3) is 4.39. The number of nitrogens with zero attached hydrogens (tertiary/aromatic N) is 3. The molecule has 1 aromatic heterocycles. The molecule has 116 valence electrons. The number of piperidine rings is 1. The standard InChI is InChI=1S/C15H24N4O2/c1-3-10-19(11-12-4-7-16-8-5-12)13-6-9-17-14(18-13)15(20)21-2/h6,9,12,16H,3-5,7-8,10-11H2,1-2H3. The Hall–Kier alpha value is -1.69. The molecule has 2 heterocycles. The normalized spacial score (nSPS) is 15.7. The molecular formula is C15H24N4O2. The summed E-state index contributed by atoms with van der Waals surface area (Å²) < 4.78 is 4.69. The fourth-order valence-electron chi connectivity index (χ4n) is 2.66. The van der Waals surface area contributed by atoms with Crippen molar-refractivity contribution in [2.75, 3.05) is 38.2 Å². The Labute approximate surface area is 125 Å². The molecule has 1 aliphatic heterocycles. The van der Waals surface area contributed by atoms with E-state index in [1.165, 1.54) is 20.0 Å². The highest BCUT2D eigenvalue weighted by Gasteiger charge is 2.19. The molecule has 0 aromatic carbocycles. The second-order valence-electron chi connectivity index (χ2n) is 5.37. The van der Waals surface area contributed by atoms with Crippen LogP contribution in [0.2, 0.25) is 0 Å². The summed E-state index contributed by atoms with van der Waals surface area (Å²) in [6.07, 6.45) is 5.05. The van der Waals surface area contributed by atoms with Crippen LogP contribution in [0.3, 0.4) is 0 Å². The van der Waals surface area contributed by atoms with Crippen molar-refractivity contribution < 1.29 is 9.53 Å². The molecule has 1 aromatic rings. The Kier molecular flexibility index (Phi) is 5.92. The van der Waals surface area contributed by atoms with Crippen LogP contribution in [0.4, 0.5) is 5.82 Å². The number of methoxy groups -OCH3 is 1. The summed E-state index contributed by atoms with van der Waals surface area (Å²) in [6.45, 7) is 6.23. The predicted molar refractivity (Wildman–Crippen MR) is 81.5 cm³/mol. The zero-order valence-electron chi connectivity index (χ0n) is 12.8. The van der Waals surface area contributed by atoms with Crippen LogP contribution < -0.4 is 10.2 Å². The molecule has 0 atom stereocenters. The Morgan fingerprint density at radius 3 is 2.90 bits per heavy atom. The van der Waals surface area contributed by atoms with E-state index in [0.29, 0.717) is 5.92 Å². The number of anilines is 1. The third-order valence-corrected chi connectivity index (χ3v) is 3.76. The molecule has 0 saturated carbocycles. The molecule has 21 heavy (non-hydrogen) atoms. The summed E-state index contributed by atoms with van der Waals surface area (Å²) in [5.74, 6) is 1.12. The number of rotatable bonds is 6. The number of nitrogens with one attached hydrogen (secondary N) is 1. The quantitative estimate of drug-likeness (QED) is 0.801. The molecule has 0 radical (unpaired) electrons. The third-order valence-electron chi connectivity index (χ3n) is 3.76. The SMILES string of the molecule is CCCN(CC1CCNCC1)c1ccnc(C(=O)OC)n1. The molecule has 0 spiro atoms. The summed E-state index contributed by atoms with van der Waals surface area (Å²) in [6, 6.07) is 1.86. The van der Waals surface area contributed by atoms with Crippen molar-refractivity contribution in [1.29, 1.82) is 0 Å². The lowest BCUT2D eigenvalue weighted by Crippen LogP contribution is -2.37. The summed E-state index contributed by atoms with van der Waals surface area (Å²) in [7, 11) is 1.34. The van der Waals surface area contributed by atoms with E-state index < -0.39 is 5.97 Å². The minimum atomic E-state index is -0.491. The van der Waals surface area contributed by atoms with Gasteiger partial charge in [0.15, 0.2) is 0 Å². The van der Waals surface area contributed by atoms with Crippen molar-refractivity contribution in [2.45, 2.75) is 26.2 Å². The van der Waals surface area contributed by atoms with Crippen molar-refractivity contribution in [1.82, 2.24) is 15.3 Å². The topological polar surface area (TPSA) is 67.4 Å². The fraction of sp³-hybridized carbons (Fsp3) is 0.667. The van der Waals surface area contributed by atoms with E-state index in [1.807, 2.05) is 6.07 Å². The minimum Gasteiger partial charge on any atom is -0.463 e. The number of ether oxygens (including phenoxy) is 1. The van der Waals surface area contributed by atoms with Crippen LogP contribution in [0.15, 0.2) is 12.3 Å². The molecule has 0 amide bonds. The first kappa shape index (κ1) is 15.7. The zero-order valence-corrected chi connectivity index (χ0v) is 12.8. The van der Waals surface area contributed by atoms with Gasteiger partial charge in [-0.2, -0.15) is 0 Å². The van der Waals surface area contributed by atoms with Gasteiger partial charge in [0.2, 0.25) is 5.82 Å². The van der Waals surface area contributed by atoms with Gasteiger partial charge in [0, 0.05) is 19.3 Å². The Bertz CT molecular complexity index is 461. The molecule has 1 aliphatic rings. The maximum Gasteiger partial charge on any atom is 0.376 e. The number of carbonyl (C=O) groups excluding carboxylic acids is 1. The first-order valence-electron chi connectivity index (χ1n) is 7.61. The first-order chi connectivity index (χ1) is 10.2. The van der Waals surface area contributed by atoms with Gasteiger partial charge in [-0.25, -0.2) is 14.8 Å². The van der Waals surface area contributed by atoms with Crippen molar-refractivity contribution in [2.24, 2.45) is 5.92 Å². The van der Waals surface area contributed by atoms with Gasteiger partial charge in [-0.3, -0.25) is 0 Å². The maximum absolute atomic E-state index is 11.6. The average molecular weight is 292 g/mol. The molecule has 6 heteroatoms. The lowest BCUT2D eigenvalue weighted by molar-refractivity contribution is 0.0587. The second-order valence-corrected chi connectivity index (χ2v) is 5.37. The van der Waals surface area contributed by atoms with Crippen LogP contribution in [0.1, 0.15) is 36.8 Å². The van der Waals surface area contributed by atoms with E-state index in [-0.39, 0.29) is 5.82 Å². The van der Waals surface area contributed by atoms with Gasteiger partial charge in [0.05, 0.1) is 7.11 Å². The zero-order chi connectivity index (χ0) is 15.1. The molecule has 0 bridgehead atoms. The average Bonchev–Trinajstić information content (AvgIpc) is 2.55. The summed E-state index contributed by atoms with van der Waals surface area (Å²) >= 11 is 0. The lowest BCUT2D eigenvalue weighted by Gasteiger charge is -2.30. The van der Waals surface area contributed by atoms with E-state index >= 15 is 0 Å². The summed E-state index contributed by atoms with van der Waals surface area (Å²) in [5, 5.41) is 3.39. The molecule has 0 unspecified atom stereocenters. The fourth-order valence-corrected chi connectivity index (χ4v) is 2.66. The molecule has 6 nitrogen and oxygen atoms in total. The molecule has 0 aliphatic carbocycles. The van der Waals surface area contributed by atoms with Crippen molar-refractivity contribution in [3.05, 3.63) is 18.1 Å². The summed E-state index contributed by atoms with van der Waals surface area (Å²) in [5.41, 5.74) is 0. The molecular weight excluding hydrogens is 268 g/mol. The molecule has 1 fully saturated rings. The van der Waals surface area contributed by atoms with Gasteiger partial charge in [0.1, 0.15) is 5.82 Å². The Balaban J connectivity index is 2.10. The van der Waals surface area contributed by atoms with Gasteiger partial charge in [-0.05, 0) is 44.3 Å². The number of hydrogen-bond donors (Lipinski definition) is 1. The highest BCUT2D eigenvalue weighted by molar-refractivity contribution is 5.85. The molecule has 1 saturated heterocycles. The van der Waals surface area contributed by atoms with Crippen LogP contribution in [0, 0.1) is 5.92 Å². The first-order valence-corrected chi connectivity index (χ1v) is 7.61. The van der Waals surface area contributed by atoms with Gasteiger partial charge in [0.25, 0.3) is 0 Å². The predicted octanol–water partition coefficient (Wildman–Crippen LogP) is 1.48. The van der Waals surface area contributed by atoms with Crippen LogP contribution in [-0.4, -0.2) is 49.2 Å². The Morgan fingerprint density at radius 2 is 2.24 bits per heavy atom. The van der Waals surface area contributed by atoms with Gasteiger partial charge in [-0.1, -0.05) is 6.92 Å². The van der Waals surface area contributed by atoms with Crippen LogP contribution in [0.25, 0.3) is 0 Å². The van der Waals surface area contributed by atoms with Crippen molar-refractivity contribution in [3.63, 3.8) is 0 Å². The van der Waals surface area contributed by atoms with Crippen LogP contribution >= 0.6 is 0 Å².